The van der Waals surface area contributed by atoms with Crippen LogP contribution in [0.25, 0.3) is 10.4 Å². The van der Waals surface area contributed by atoms with Gasteiger partial charge in [-0.15, -0.1) is 11.3 Å². The molecular formula is C99H121N11O16S. The minimum atomic E-state index is -0.806. The molecule has 0 spiro atoms. The van der Waals surface area contributed by atoms with E-state index in [9.17, 15) is 72.2 Å². The van der Waals surface area contributed by atoms with Crippen molar-refractivity contribution in [2.45, 2.75) is 249 Å². The van der Waals surface area contributed by atoms with Crippen molar-refractivity contribution in [1.29, 1.82) is 0 Å². The zero-order valence-electron chi connectivity index (χ0n) is 74.5. The number of aryl methyl sites for hydroxylation is 2. The number of β-amino-alcohol motifs (C(OH)–C–C–N with tert-alkyl or cyclic N) is 1. The number of carbonyl (C=O) groups excluding carboxylic acids is 14. The number of Topliss-reactive ketones (excluding diaryl/α,β-unsaturated/α-hetero) is 2. The molecule has 674 valence electrons. The number of aliphatic hydroxyl groups is 1. The number of fused-ring (bicyclic) bond motifs is 4. The van der Waals surface area contributed by atoms with Gasteiger partial charge in [-0.2, -0.15) is 0 Å². The molecule has 28 heteroatoms. The van der Waals surface area contributed by atoms with Crippen LogP contribution in [0.2, 0.25) is 0 Å². The van der Waals surface area contributed by atoms with E-state index in [0.717, 1.165) is 49.2 Å². The molecule has 7 N–H and O–H groups in total. The molecule has 15 rings (SSSR count). The summed E-state index contributed by atoms with van der Waals surface area (Å²) in [5.41, 5.74) is 12.0. The van der Waals surface area contributed by atoms with E-state index in [4.69, 9.17) is 4.74 Å². The van der Waals surface area contributed by atoms with Gasteiger partial charge in [-0.3, -0.25) is 81.8 Å². The van der Waals surface area contributed by atoms with Crippen molar-refractivity contribution in [2.75, 3.05) is 17.2 Å². The van der Waals surface area contributed by atoms with Crippen LogP contribution in [0.15, 0.2) is 158 Å². The smallest absolute Gasteiger partial charge is 0.266 e. The third-order valence-electron chi connectivity index (χ3n) is 23.4. The third-order valence-corrected chi connectivity index (χ3v) is 24.5. The maximum absolute atomic E-state index is 13.6. The Morgan fingerprint density at radius 2 is 1.01 bits per heavy atom. The second-order valence-corrected chi connectivity index (χ2v) is 37.1. The Balaban J connectivity index is 0.000000167. The van der Waals surface area contributed by atoms with Crippen molar-refractivity contribution in [2.24, 2.45) is 23.2 Å². The van der Waals surface area contributed by atoms with Gasteiger partial charge in [0.2, 0.25) is 29.5 Å². The van der Waals surface area contributed by atoms with Gasteiger partial charge in [-0.25, -0.2) is 0 Å². The molecule has 0 bridgehead atoms. The molecule has 9 aliphatic heterocycles. The predicted octanol–water partition coefficient (Wildman–Crippen LogP) is 14.4. The van der Waals surface area contributed by atoms with Crippen LogP contribution in [0.1, 0.15) is 263 Å². The molecule has 5 aromatic carbocycles. The van der Waals surface area contributed by atoms with Crippen LogP contribution in [-0.4, -0.2) is 173 Å². The number of benzene rings is 5. The van der Waals surface area contributed by atoms with Gasteiger partial charge in [0.15, 0.2) is 5.78 Å². The van der Waals surface area contributed by atoms with Crippen LogP contribution in [0.4, 0.5) is 11.4 Å². The van der Waals surface area contributed by atoms with Crippen LogP contribution in [0.5, 0.6) is 5.75 Å². The number of anilines is 2. The van der Waals surface area contributed by atoms with Crippen LogP contribution in [0, 0.1) is 30.1 Å². The summed E-state index contributed by atoms with van der Waals surface area (Å²) in [6, 6.07) is 28.6. The fourth-order valence-corrected chi connectivity index (χ4v) is 17.9. The molecule has 5 unspecified atom stereocenters. The number of imide groups is 3. The number of nitrogens with one attached hydrogen (secondary N) is 6. The number of piperidine rings is 4. The summed E-state index contributed by atoms with van der Waals surface area (Å²) in [6.45, 7) is 43.1. The van der Waals surface area contributed by atoms with Gasteiger partial charge in [-0.05, 0) is 206 Å². The SMILES string of the molecule is C.C=C1CCC(N2C(=O)c3ccc(CC(C)C)cc3C2=O)C(=O)N1.C=C1CCC(N2C(=O)c3cccc(NC(C)C)c3C2=O)C(=O)N1.C=C1CCC(N2C(=O)c3cccc(OC(C)C)c3C2=O)C(=O)N1.C=C1CCC(N2Cc3c(NC(C)C)cccc3C2=O)C(=O)N1.Cc1ccsc1-c1ccc(CCC(=O)C2C[C@@H](O)CN2C(=O)[C@@H](CC(=O)C(C)C)C(C)(C)C)cc1. The summed E-state index contributed by atoms with van der Waals surface area (Å²) in [5.74, 6) is -3.78. The van der Waals surface area contributed by atoms with E-state index in [2.05, 4.69) is 129 Å². The molecule has 1 aromatic heterocycles. The van der Waals surface area contributed by atoms with Crippen molar-refractivity contribution < 1.29 is 77.0 Å². The number of likely N-dealkylation sites (tertiary alicyclic amines) is 1. The Morgan fingerprint density at radius 1 is 0.543 bits per heavy atom. The van der Waals surface area contributed by atoms with Gasteiger partial charge in [0.05, 0.1) is 51.6 Å². The lowest BCUT2D eigenvalue weighted by Crippen LogP contribution is -2.51. The van der Waals surface area contributed by atoms with Crippen molar-refractivity contribution in [3.63, 3.8) is 0 Å². The maximum atomic E-state index is 13.6. The van der Waals surface area contributed by atoms with E-state index >= 15 is 0 Å². The molecule has 0 aliphatic carbocycles. The highest BCUT2D eigenvalue weighted by atomic mass is 32.1. The molecule has 5 fully saturated rings. The van der Waals surface area contributed by atoms with E-state index in [1.807, 2.05) is 86.6 Å². The summed E-state index contributed by atoms with van der Waals surface area (Å²) >= 11 is 1.72. The quantitative estimate of drug-likeness (QED) is 0.0329. The van der Waals surface area contributed by atoms with Gasteiger partial charge in [-0.1, -0.05) is 131 Å². The summed E-state index contributed by atoms with van der Waals surface area (Å²) < 4.78 is 5.64. The Labute approximate surface area is 748 Å². The molecule has 0 radical (unpaired) electrons. The highest BCUT2D eigenvalue weighted by molar-refractivity contribution is 7.13. The standard InChI is InChI=1S/C29H39NO4S.C18H20N2O3.C17H19N3O3.C17H21N3O2.C17H18N2O4.CH4/c1-18(2)26(33)16-23(29(4,5)6)28(34)30-17-22(31)15-24(30)25(32)12-9-20-7-10-21(11-8-20)27-19(3)13-14-35-27;1-10(2)8-12-5-6-13-14(9-12)18(23)20(17(13)22)15-7-4-11(3)19-16(15)21;1-9(2)18-12-6-4-5-11-14(12)17(23)20(16(11)22)13-8-7-10(3)19-15(13)21;1-10(2)18-14-6-4-5-12-13(14)9-20(17(12)22)15-8-7-11(3)19-16(15)21;1-9(2)23-13-6-4-5-11-14(13)17(22)19(16(11)21)12-8-7-10(3)18-15(12)20;/h7-8,10-11,13-14,18,22-24,31H,9,12,15-17H2,1-6H3;5-6,9-10,15H,3-4,7-8H2,1-2H3,(H,19,21);4-6,9,13,18H,3,7-8H2,1-2H3,(H,19,21);4-6,10,15,18H,3,7-9H2,1-2H3,(H,19,21);4-6,9,12H,3,7-8H2,1-2H3,(H,18,20);1H4/t22-,23-,24?;;;;;/m1...../s1. The van der Waals surface area contributed by atoms with Crippen LogP contribution < -0.4 is 36.6 Å². The number of aliphatic hydroxyl groups excluding tert-OH is 1. The summed E-state index contributed by atoms with van der Waals surface area (Å²) in [4.78, 5) is 184. The van der Waals surface area contributed by atoms with E-state index in [1.165, 1.54) is 16.0 Å². The van der Waals surface area contributed by atoms with Crippen molar-refractivity contribution >= 4 is 105 Å². The number of ether oxygens (including phenoxy) is 1. The first-order valence-electron chi connectivity index (χ1n) is 43.3. The zero-order chi connectivity index (χ0) is 91.9. The van der Waals surface area contributed by atoms with E-state index in [-0.39, 0.29) is 121 Å². The molecule has 127 heavy (non-hydrogen) atoms. The summed E-state index contributed by atoms with van der Waals surface area (Å²) in [6.07, 6.45) is 5.55. The van der Waals surface area contributed by atoms with Gasteiger partial charge in [0, 0.05) is 106 Å². The number of rotatable bonds is 21. The lowest BCUT2D eigenvalue weighted by atomic mass is 9.75. The highest BCUT2D eigenvalue weighted by Gasteiger charge is 2.50. The molecule has 27 nitrogen and oxygen atoms in total. The first-order chi connectivity index (χ1) is 59.5. The van der Waals surface area contributed by atoms with Crippen LogP contribution >= 0.6 is 11.3 Å². The number of hydrogen-bond donors (Lipinski definition) is 7. The fraction of sp³-hybridized carbons (Fsp3) is 0.434. The Morgan fingerprint density at radius 3 is 1.50 bits per heavy atom. The number of nitrogens with zero attached hydrogens (tertiary/aromatic N) is 5. The normalized spacial score (nSPS) is 20.3. The number of amides is 12. The van der Waals surface area contributed by atoms with E-state index in [1.54, 1.807) is 69.7 Å². The average molecular weight is 1750 g/mol. The number of hydrogen-bond acceptors (Lipinski definition) is 19. The molecule has 0 saturated carbocycles. The number of ketones is 2. The lowest BCUT2D eigenvalue weighted by molar-refractivity contribution is -0.146. The molecule has 7 atom stereocenters. The van der Waals surface area contributed by atoms with E-state index < -0.39 is 71.3 Å². The van der Waals surface area contributed by atoms with Gasteiger partial charge >= 0.3 is 0 Å². The van der Waals surface area contributed by atoms with Gasteiger partial charge in [0.25, 0.3) is 41.4 Å². The maximum Gasteiger partial charge on any atom is 0.266 e. The van der Waals surface area contributed by atoms with Crippen LogP contribution in [0.3, 0.4) is 0 Å². The van der Waals surface area contributed by atoms with Crippen LogP contribution in [-0.2, 0) is 52.9 Å². The van der Waals surface area contributed by atoms with E-state index in [0.29, 0.717) is 133 Å². The Kier molecular flexibility index (Phi) is 31.3. The molecule has 12 amide bonds. The molecule has 6 aromatic rings. The first kappa shape index (κ1) is 96.9. The second kappa shape index (κ2) is 41.0. The number of allylic oxidation sites excluding steroid dienone is 4. The topological polar surface area (TPSA) is 357 Å². The highest BCUT2D eigenvalue weighted by Crippen LogP contribution is 2.40. The van der Waals surface area contributed by atoms with Gasteiger partial charge < -0.3 is 51.5 Å². The molecule has 5 saturated heterocycles. The Hall–Kier alpha value is -12.3. The Bertz CT molecular complexity index is 5250. The number of thiophene rings is 1. The minimum Gasteiger partial charge on any atom is -0.490 e. The van der Waals surface area contributed by atoms with Crippen molar-refractivity contribution in [3.8, 4) is 16.2 Å². The molecule has 10 heterocycles. The van der Waals surface area contributed by atoms with Crippen molar-refractivity contribution in [1.82, 2.24) is 45.8 Å². The monoisotopic (exact) mass is 1750 g/mol. The molecule has 9 aliphatic rings. The summed E-state index contributed by atoms with van der Waals surface area (Å²) in [7, 11) is 0. The molecular weight excluding hydrogens is 1630 g/mol. The van der Waals surface area contributed by atoms with Crippen molar-refractivity contribution in [3.05, 3.63) is 219 Å². The second-order valence-electron chi connectivity index (χ2n) is 36.2. The first-order valence-corrected chi connectivity index (χ1v) is 44.2. The number of carbonyl (C=O) groups is 14. The largest absolute Gasteiger partial charge is 0.490 e. The minimum absolute atomic E-state index is 0. The fourth-order valence-electron chi connectivity index (χ4n) is 16.9. The van der Waals surface area contributed by atoms with Gasteiger partial charge in [0.1, 0.15) is 35.7 Å². The summed E-state index contributed by atoms with van der Waals surface area (Å²) in [5, 5.41) is 29.6. The lowest BCUT2D eigenvalue weighted by Gasteiger charge is -2.35. The third kappa shape index (κ3) is 22.0. The predicted molar refractivity (Wildman–Crippen MR) is 488 cm³/mol. The zero-order valence-corrected chi connectivity index (χ0v) is 75.3. The average Bonchev–Trinajstić information content (AvgIpc) is 1.61.